The normalized spacial score (nSPS) is 11.9. The Morgan fingerprint density at radius 3 is 2.65 bits per heavy atom. The first-order chi connectivity index (χ1) is 16.3. The number of fused-ring (bicyclic) bond motifs is 1. The van der Waals surface area contributed by atoms with Crippen molar-refractivity contribution in [3.05, 3.63) is 53.9 Å². The average Bonchev–Trinajstić information content (AvgIpc) is 3.21. The van der Waals surface area contributed by atoms with Crippen LogP contribution in [0.5, 0.6) is 6.01 Å². The fraction of sp³-hybridized carbons (Fsp3) is 0.105. The van der Waals surface area contributed by atoms with Gasteiger partial charge in [-0.3, -0.25) is 4.79 Å². The molecule has 1 amide bonds. The third-order valence-electron chi connectivity index (χ3n) is 4.76. The number of nitrogens with zero attached hydrogens (tertiary/aromatic N) is 5. The first kappa shape index (κ1) is 23.4. The summed E-state index contributed by atoms with van der Waals surface area (Å²) in [5.41, 5.74) is 7.19. The standard InChI is InChI=1S/C19H19BN8O5S/c1-33-19-24-14-12(6-3-7-13(14)34(22)32)28(19)18-26-16(15(21)29)25-17(27-18)23-9-10-4-2-5-11(8-10)20(30)31/h2-8,30-31H,9,22H2,1H3,(H2,21,29)(H,23,25,26,27). The lowest BCUT2D eigenvalue weighted by molar-refractivity contribution is 0.0990. The fourth-order valence-corrected chi connectivity index (χ4v) is 3.80. The van der Waals surface area contributed by atoms with Crippen LogP contribution in [0.25, 0.3) is 17.0 Å². The molecule has 7 N–H and O–H groups in total. The van der Waals surface area contributed by atoms with Gasteiger partial charge in [0.25, 0.3) is 5.91 Å². The van der Waals surface area contributed by atoms with Gasteiger partial charge in [0.15, 0.2) is 0 Å². The van der Waals surface area contributed by atoms with E-state index < -0.39 is 24.4 Å². The Labute approximate surface area is 196 Å². The van der Waals surface area contributed by atoms with Crippen molar-refractivity contribution >= 4 is 46.8 Å². The lowest BCUT2D eigenvalue weighted by Crippen LogP contribution is -2.30. The van der Waals surface area contributed by atoms with E-state index in [9.17, 15) is 19.4 Å². The van der Waals surface area contributed by atoms with Crippen molar-refractivity contribution < 1.29 is 24.1 Å². The minimum Gasteiger partial charge on any atom is -0.593 e. The molecule has 4 aromatic rings. The van der Waals surface area contributed by atoms with Crippen molar-refractivity contribution in [3.63, 3.8) is 0 Å². The van der Waals surface area contributed by atoms with E-state index in [0.717, 1.165) is 0 Å². The second-order valence-electron chi connectivity index (χ2n) is 6.97. The Kier molecular flexibility index (Phi) is 6.62. The van der Waals surface area contributed by atoms with Crippen LogP contribution in [0, 0.1) is 0 Å². The number of imidazole rings is 1. The van der Waals surface area contributed by atoms with Gasteiger partial charge in [0.1, 0.15) is 5.52 Å². The minimum absolute atomic E-state index is 0.0230. The maximum Gasteiger partial charge on any atom is 0.488 e. The third kappa shape index (κ3) is 4.64. The zero-order valence-corrected chi connectivity index (χ0v) is 18.6. The smallest absolute Gasteiger partial charge is 0.488 e. The average molecular weight is 482 g/mol. The van der Waals surface area contributed by atoms with Crippen LogP contribution < -0.4 is 26.4 Å². The molecule has 0 saturated carbocycles. The molecule has 13 nitrogen and oxygen atoms in total. The zero-order valence-electron chi connectivity index (χ0n) is 17.7. The van der Waals surface area contributed by atoms with Gasteiger partial charge in [-0.1, -0.05) is 30.3 Å². The van der Waals surface area contributed by atoms with Crippen molar-refractivity contribution in [3.8, 4) is 12.0 Å². The molecule has 0 aliphatic carbocycles. The molecule has 0 fully saturated rings. The van der Waals surface area contributed by atoms with E-state index in [1.807, 2.05) is 0 Å². The number of amides is 1. The molecule has 15 heteroatoms. The van der Waals surface area contributed by atoms with Crippen molar-refractivity contribution in [1.29, 1.82) is 0 Å². The van der Waals surface area contributed by atoms with Gasteiger partial charge < -0.3 is 30.4 Å². The van der Waals surface area contributed by atoms with Crippen LogP contribution in [0.4, 0.5) is 5.95 Å². The summed E-state index contributed by atoms with van der Waals surface area (Å²) in [5.74, 6) is -1.19. The summed E-state index contributed by atoms with van der Waals surface area (Å²) >= 11 is -1.81. The number of anilines is 1. The van der Waals surface area contributed by atoms with Crippen LogP contribution in [0.15, 0.2) is 47.4 Å². The van der Waals surface area contributed by atoms with Crippen LogP contribution in [0.1, 0.15) is 16.2 Å². The van der Waals surface area contributed by atoms with E-state index in [1.54, 1.807) is 42.5 Å². The van der Waals surface area contributed by atoms with Gasteiger partial charge in [0.2, 0.25) is 22.6 Å². The summed E-state index contributed by atoms with van der Waals surface area (Å²) in [5, 5.41) is 27.3. The van der Waals surface area contributed by atoms with E-state index in [-0.39, 0.29) is 35.2 Å². The van der Waals surface area contributed by atoms with Gasteiger partial charge in [-0.05, 0) is 23.2 Å². The lowest BCUT2D eigenvalue weighted by Gasteiger charge is -2.11. The number of aromatic nitrogens is 5. The molecule has 0 radical (unpaired) electrons. The molecule has 174 valence electrons. The largest absolute Gasteiger partial charge is 0.593 e. The fourth-order valence-electron chi connectivity index (χ4n) is 3.24. The van der Waals surface area contributed by atoms with Gasteiger partial charge in [-0.25, -0.2) is 4.57 Å². The predicted octanol–water partition coefficient (Wildman–Crippen LogP) is -1.41. The summed E-state index contributed by atoms with van der Waals surface area (Å²) in [6.45, 7) is 0.195. The van der Waals surface area contributed by atoms with E-state index in [0.29, 0.717) is 22.1 Å². The first-order valence-corrected chi connectivity index (χ1v) is 11.0. The second-order valence-corrected chi connectivity index (χ2v) is 8.01. The number of carbonyl (C=O) groups is 1. The van der Waals surface area contributed by atoms with Crippen LogP contribution in [-0.4, -0.2) is 59.2 Å². The quantitative estimate of drug-likeness (QED) is 0.145. The number of hydrogen-bond acceptors (Lipinski definition) is 11. The highest BCUT2D eigenvalue weighted by atomic mass is 32.2. The number of primary amides is 1. The molecular weight excluding hydrogens is 463 g/mol. The van der Waals surface area contributed by atoms with Crippen LogP contribution in [0.3, 0.4) is 0 Å². The number of carbonyl (C=O) groups excluding carboxylic acids is 1. The molecule has 0 saturated heterocycles. The topological polar surface area (TPSA) is 210 Å². The summed E-state index contributed by atoms with van der Waals surface area (Å²) in [7, 11) is -0.228. The van der Waals surface area contributed by atoms with E-state index in [1.165, 1.54) is 11.7 Å². The van der Waals surface area contributed by atoms with Crippen molar-refractivity contribution in [1.82, 2.24) is 24.5 Å². The van der Waals surface area contributed by atoms with Gasteiger partial charge in [-0.15, -0.1) is 5.14 Å². The number of benzene rings is 2. The number of ether oxygens (including phenoxy) is 1. The Bertz CT molecular complexity index is 1370. The van der Waals surface area contributed by atoms with Gasteiger partial charge >= 0.3 is 13.1 Å². The summed E-state index contributed by atoms with van der Waals surface area (Å²) in [6.07, 6.45) is 0. The zero-order chi connectivity index (χ0) is 24.4. The highest BCUT2D eigenvalue weighted by Gasteiger charge is 2.23. The molecule has 0 aliphatic rings. The number of nitrogens with one attached hydrogen (secondary N) is 1. The molecule has 2 aromatic carbocycles. The lowest BCUT2D eigenvalue weighted by atomic mass is 9.80. The number of rotatable bonds is 8. The number of nitrogens with two attached hydrogens (primary N) is 2. The number of para-hydroxylation sites is 1. The van der Waals surface area contributed by atoms with Crippen LogP contribution in [0.2, 0.25) is 0 Å². The molecule has 0 spiro atoms. The SMILES string of the molecule is COc1nc2c([S+](N)[O-])cccc2n1-c1nc(NCc2cccc(B(O)O)c2)nc(C(N)=O)n1. The van der Waals surface area contributed by atoms with Gasteiger partial charge in [0.05, 0.1) is 24.0 Å². The highest BCUT2D eigenvalue weighted by Crippen LogP contribution is 2.28. The Morgan fingerprint density at radius 1 is 1.21 bits per heavy atom. The molecule has 4 rings (SSSR count). The molecule has 0 aliphatic heterocycles. The second kappa shape index (κ2) is 9.62. The summed E-state index contributed by atoms with van der Waals surface area (Å²) < 4.78 is 18.7. The molecular formula is C19H19BN8O5S. The first-order valence-electron chi connectivity index (χ1n) is 9.75. The third-order valence-corrected chi connectivity index (χ3v) is 5.52. The monoisotopic (exact) mass is 482 g/mol. The van der Waals surface area contributed by atoms with Crippen LogP contribution in [-0.2, 0) is 17.9 Å². The molecule has 2 heterocycles. The molecule has 34 heavy (non-hydrogen) atoms. The van der Waals surface area contributed by atoms with Crippen LogP contribution >= 0.6 is 0 Å². The predicted molar refractivity (Wildman–Crippen MR) is 124 cm³/mol. The Balaban J connectivity index is 1.78. The van der Waals surface area contributed by atoms with Gasteiger partial charge in [-0.2, -0.15) is 19.9 Å². The summed E-state index contributed by atoms with van der Waals surface area (Å²) in [4.78, 5) is 29.1. The van der Waals surface area contributed by atoms with Gasteiger partial charge in [0, 0.05) is 6.54 Å². The minimum atomic E-state index is -1.81. The maximum atomic E-state index is 11.9. The molecule has 2 aromatic heterocycles. The highest BCUT2D eigenvalue weighted by molar-refractivity contribution is 7.89. The Morgan fingerprint density at radius 2 is 1.97 bits per heavy atom. The van der Waals surface area contributed by atoms with Crippen molar-refractivity contribution in [2.45, 2.75) is 11.4 Å². The van der Waals surface area contributed by atoms with Crippen molar-refractivity contribution in [2.24, 2.45) is 10.9 Å². The van der Waals surface area contributed by atoms with E-state index >= 15 is 0 Å². The van der Waals surface area contributed by atoms with E-state index in [2.05, 4.69) is 25.3 Å². The maximum absolute atomic E-state index is 11.9. The van der Waals surface area contributed by atoms with E-state index in [4.69, 9.17) is 15.6 Å². The number of hydrogen-bond donors (Lipinski definition) is 5. The summed E-state index contributed by atoms with van der Waals surface area (Å²) in [6, 6.07) is 11.5. The Hall–Kier alpha value is -3.76. The molecule has 1 unspecified atom stereocenters. The molecule has 1 atom stereocenters. The molecule has 0 bridgehead atoms. The van der Waals surface area contributed by atoms with Crippen molar-refractivity contribution in [2.75, 3.05) is 12.4 Å². The number of methoxy groups -OCH3 is 1.